The molecule has 0 fully saturated rings. The van der Waals surface area contributed by atoms with Gasteiger partial charge in [-0.15, -0.1) is 0 Å². The van der Waals surface area contributed by atoms with E-state index >= 15 is 0 Å². The number of furan rings is 1. The predicted molar refractivity (Wildman–Crippen MR) is 116 cm³/mol. The SMILES string of the molecule is COCCN1C(=O)C(O)=C(C(=O)c2cc3ccccc3o2)C1c1cccc(OC)c1OC. The first kappa shape index (κ1) is 21.5. The van der Waals surface area contributed by atoms with Gasteiger partial charge in [0.1, 0.15) is 5.58 Å². The smallest absolute Gasteiger partial charge is 0.290 e. The van der Waals surface area contributed by atoms with Gasteiger partial charge in [0.15, 0.2) is 23.0 Å². The normalized spacial score (nSPS) is 16.2. The van der Waals surface area contributed by atoms with Gasteiger partial charge in [0, 0.05) is 24.6 Å². The lowest BCUT2D eigenvalue weighted by Crippen LogP contribution is -2.34. The van der Waals surface area contributed by atoms with Crippen molar-refractivity contribution < 1.29 is 33.3 Å². The molecule has 0 aliphatic carbocycles. The van der Waals surface area contributed by atoms with Crippen LogP contribution in [0.5, 0.6) is 11.5 Å². The fraction of sp³-hybridized carbons (Fsp3) is 0.250. The number of rotatable bonds is 8. The number of nitrogens with zero attached hydrogens (tertiary/aromatic N) is 1. The first-order valence-corrected chi connectivity index (χ1v) is 9.99. The van der Waals surface area contributed by atoms with E-state index in [1.807, 2.05) is 12.1 Å². The van der Waals surface area contributed by atoms with Gasteiger partial charge in [-0.1, -0.05) is 30.3 Å². The number of Topliss-reactive ketones (excluding diaryl/α,β-unsaturated/α-hetero) is 1. The highest BCUT2D eigenvalue weighted by atomic mass is 16.5. The van der Waals surface area contributed by atoms with Crippen LogP contribution in [0.1, 0.15) is 22.2 Å². The van der Waals surface area contributed by atoms with Crippen molar-refractivity contribution in [3.8, 4) is 11.5 Å². The molecule has 3 aromatic rings. The van der Waals surface area contributed by atoms with E-state index in [-0.39, 0.29) is 24.5 Å². The summed E-state index contributed by atoms with van der Waals surface area (Å²) in [5.74, 6) is -1.05. The van der Waals surface area contributed by atoms with Gasteiger partial charge in [-0.25, -0.2) is 0 Å². The van der Waals surface area contributed by atoms with Gasteiger partial charge in [0.05, 0.1) is 32.4 Å². The summed E-state index contributed by atoms with van der Waals surface area (Å²) in [6.07, 6.45) is 0. The molecule has 0 spiro atoms. The van der Waals surface area contributed by atoms with Crippen LogP contribution in [0, 0.1) is 0 Å². The molecule has 0 saturated heterocycles. The number of carbonyl (C=O) groups is 2. The maximum absolute atomic E-state index is 13.5. The Morgan fingerprint density at radius 1 is 1.09 bits per heavy atom. The molecule has 1 unspecified atom stereocenters. The molecule has 1 atom stereocenters. The molecule has 166 valence electrons. The van der Waals surface area contributed by atoms with Crippen LogP contribution in [-0.4, -0.2) is 56.2 Å². The molecule has 1 N–H and O–H groups in total. The van der Waals surface area contributed by atoms with Crippen LogP contribution < -0.4 is 9.47 Å². The third-order valence-electron chi connectivity index (χ3n) is 5.46. The van der Waals surface area contributed by atoms with Crippen molar-refractivity contribution in [2.45, 2.75) is 6.04 Å². The maximum atomic E-state index is 13.5. The van der Waals surface area contributed by atoms with Gasteiger partial charge in [0.25, 0.3) is 5.91 Å². The second kappa shape index (κ2) is 8.76. The minimum absolute atomic E-state index is 0.0287. The van der Waals surface area contributed by atoms with Crippen LogP contribution in [0.2, 0.25) is 0 Å². The predicted octanol–water partition coefficient (Wildman–Crippen LogP) is 3.67. The summed E-state index contributed by atoms with van der Waals surface area (Å²) in [5.41, 5.74) is 0.948. The highest BCUT2D eigenvalue weighted by molar-refractivity contribution is 6.16. The number of fused-ring (bicyclic) bond motifs is 1. The van der Waals surface area contributed by atoms with Crippen LogP contribution >= 0.6 is 0 Å². The number of para-hydroxylation sites is 2. The Balaban J connectivity index is 1.87. The van der Waals surface area contributed by atoms with Gasteiger partial charge >= 0.3 is 0 Å². The zero-order valence-corrected chi connectivity index (χ0v) is 18.0. The van der Waals surface area contributed by atoms with Crippen LogP contribution in [0.4, 0.5) is 0 Å². The van der Waals surface area contributed by atoms with Crippen LogP contribution in [0.3, 0.4) is 0 Å². The molecule has 0 bridgehead atoms. The number of aliphatic hydroxyl groups excluding tert-OH is 1. The van der Waals surface area contributed by atoms with E-state index in [0.29, 0.717) is 22.6 Å². The second-order valence-electron chi connectivity index (χ2n) is 7.22. The van der Waals surface area contributed by atoms with Crippen LogP contribution in [-0.2, 0) is 9.53 Å². The number of amides is 1. The van der Waals surface area contributed by atoms with Crippen LogP contribution in [0.25, 0.3) is 11.0 Å². The Hall–Kier alpha value is -3.78. The highest BCUT2D eigenvalue weighted by Crippen LogP contribution is 2.45. The lowest BCUT2D eigenvalue weighted by molar-refractivity contribution is -0.130. The fourth-order valence-electron chi connectivity index (χ4n) is 3.98. The molecule has 0 radical (unpaired) electrons. The minimum Gasteiger partial charge on any atom is -0.503 e. The molecule has 32 heavy (non-hydrogen) atoms. The first-order valence-electron chi connectivity index (χ1n) is 9.99. The average Bonchev–Trinajstić information content (AvgIpc) is 3.36. The van der Waals surface area contributed by atoms with Gasteiger partial charge in [-0.05, 0) is 18.2 Å². The largest absolute Gasteiger partial charge is 0.503 e. The lowest BCUT2D eigenvalue weighted by Gasteiger charge is -2.28. The molecular formula is C24H23NO7. The Morgan fingerprint density at radius 3 is 2.56 bits per heavy atom. The third kappa shape index (κ3) is 3.48. The number of hydrogen-bond donors (Lipinski definition) is 1. The molecule has 1 aliphatic heterocycles. The van der Waals surface area contributed by atoms with Gasteiger partial charge < -0.3 is 28.6 Å². The number of carbonyl (C=O) groups excluding carboxylic acids is 2. The third-order valence-corrected chi connectivity index (χ3v) is 5.46. The Kier molecular flexibility index (Phi) is 5.87. The van der Waals surface area contributed by atoms with E-state index in [0.717, 1.165) is 5.39 Å². The van der Waals surface area contributed by atoms with Crippen molar-refractivity contribution in [1.82, 2.24) is 4.90 Å². The number of methoxy groups -OCH3 is 3. The van der Waals surface area contributed by atoms with E-state index in [1.165, 1.54) is 26.2 Å². The van der Waals surface area contributed by atoms with Crippen molar-refractivity contribution in [3.05, 3.63) is 71.2 Å². The molecule has 1 aliphatic rings. The number of ketones is 1. The Morgan fingerprint density at radius 2 is 1.88 bits per heavy atom. The second-order valence-corrected chi connectivity index (χ2v) is 7.22. The van der Waals surface area contributed by atoms with Gasteiger partial charge in [-0.3, -0.25) is 9.59 Å². The van der Waals surface area contributed by atoms with Crippen molar-refractivity contribution in [1.29, 1.82) is 0 Å². The molecule has 2 heterocycles. The lowest BCUT2D eigenvalue weighted by atomic mass is 9.94. The Labute approximate surface area is 184 Å². The van der Waals surface area contributed by atoms with E-state index in [1.54, 1.807) is 36.4 Å². The summed E-state index contributed by atoms with van der Waals surface area (Å²) < 4.78 is 21.8. The van der Waals surface area contributed by atoms with Gasteiger partial charge in [-0.2, -0.15) is 0 Å². The Bertz CT molecular complexity index is 1180. The van der Waals surface area contributed by atoms with E-state index in [2.05, 4.69) is 0 Å². The number of benzene rings is 2. The van der Waals surface area contributed by atoms with Crippen molar-refractivity contribution in [2.24, 2.45) is 0 Å². The minimum atomic E-state index is -0.914. The standard InChI is InChI=1S/C24H23NO7/c1-29-12-11-25-20(15-8-6-10-17(30-2)23(15)31-3)19(22(27)24(25)28)21(26)18-13-14-7-4-5-9-16(14)32-18/h4-10,13,20,27H,11-12H2,1-3H3. The zero-order valence-electron chi connectivity index (χ0n) is 18.0. The average molecular weight is 437 g/mol. The number of aliphatic hydroxyl groups is 1. The highest BCUT2D eigenvalue weighted by Gasteiger charge is 2.45. The zero-order chi connectivity index (χ0) is 22.8. The molecule has 1 amide bonds. The van der Waals surface area contributed by atoms with Gasteiger partial charge in [0.2, 0.25) is 5.78 Å². The fourth-order valence-corrected chi connectivity index (χ4v) is 3.98. The number of ether oxygens (including phenoxy) is 3. The molecule has 0 saturated carbocycles. The number of hydrogen-bond acceptors (Lipinski definition) is 7. The van der Waals surface area contributed by atoms with Crippen LogP contribution in [0.15, 0.2) is 64.3 Å². The topological polar surface area (TPSA) is 98.4 Å². The van der Waals surface area contributed by atoms with E-state index in [4.69, 9.17) is 18.6 Å². The summed E-state index contributed by atoms with van der Waals surface area (Å²) in [4.78, 5) is 27.9. The molecule has 4 rings (SSSR count). The molecule has 1 aromatic heterocycles. The van der Waals surface area contributed by atoms with E-state index < -0.39 is 23.5 Å². The molecular weight excluding hydrogens is 414 g/mol. The molecule has 2 aromatic carbocycles. The quantitative estimate of drug-likeness (QED) is 0.537. The summed E-state index contributed by atoms with van der Waals surface area (Å²) in [6.45, 7) is 0.370. The van der Waals surface area contributed by atoms with E-state index in [9.17, 15) is 14.7 Å². The maximum Gasteiger partial charge on any atom is 0.290 e. The summed E-state index contributed by atoms with van der Waals surface area (Å²) in [6, 6.07) is 13.0. The molecule has 8 nitrogen and oxygen atoms in total. The first-order chi connectivity index (χ1) is 15.5. The van der Waals surface area contributed by atoms with Crippen molar-refractivity contribution >= 4 is 22.7 Å². The van der Waals surface area contributed by atoms with Crippen molar-refractivity contribution in [2.75, 3.05) is 34.5 Å². The summed E-state index contributed by atoms with van der Waals surface area (Å²) >= 11 is 0. The molecule has 8 heteroatoms. The summed E-state index contributed by atoms with van der Waals surface area (Å²) in [7, 11) is 4.48. The van der Waals surface area contributed by atoms with Crippen molar-refractivity contribution in [3.63, 3.8) is 0 Å². The monoisotopic (exact) mass is 437 g/mol. The summed E-state index contributed by atoms with van der Waals surface area (Å²) in [5, 5.41) is 11.5.